The summed E-state index contributed by atoms with van der Waals surface area (Å²) in [6.07, 6.45) is 0.887. The molecule has 4 nitrogen and oxygen atoms in total. The lowest BCUT2D eigenvalue weighted by molar-refractivity contribution is -0.142. The third-order valence-electron chi connectivity index (χ3n) is 3.73. The first kappa shape index (κ1) is 16.3. The van der Waals surface area contributed by atoms with Crippen molar-refractivity contribution in [1.29, 1.82) is 5.26 Å². The molecule has 1 aliphatic heterocycles. The number of carbonyl (C=O) groups is 1. The second-order valence-corrected chi connectivity index (χ2v) is 6.53. The normalized spacial score (nSPS) is 17.0. The van der Waals surface area contributed by atoms with Gasteiger partial charge < -0.3 is 9.64 Å². The van der Waals surface area contributed by atoms with Gasteiger partial charge in [0.2, 0.25) is 5.91 Å². The van der Waals surface area contributed by atoms with Gasteiger partial charge in [-0.25, -0.2) is 0 Å². The molecule has 0 bridgehead atoms. The highest BCUT2D eigenvalue weighted by Crippen LogP contribution is 2.32. The molecule has 1 aromatic rings. The standard InChI is InChI=1S/C15H16BrClN2O2/c1-19(9-11-8-12(16)2-3-13(11)17)14(20)15(10-18)4-6-21-7-5-15/h2-3,8H,4-7,9H2,1H3. The number of halogens is 2. The number of hydrogen-bond acceptors (Lipinski definition) is 3. The number of benzene rings is 1. The van der Waals surface area contributed by atoms with Crippen LogP contribution >= 0.6 is 27.5 Å². The molecular weight excluding hydrogens is 356 g/mol. The maximum Gasteiger partial charge on any atom is 0.243 e. The zero-order valence-electron chi connectivity index (χ0n) is 11.7. The number of ether oxygens (including phenoxy) is 1. The van der Waals surface area contributed by atoms with E-state index in [1.165, 1.54) is 0 Å². The fourth-order valence-corrected chi connectivity index (χ4v) is 3.04. The van der Waals surface area contributed by atoms with Crippen molar-refractivity contribution in [2.24, 2.45) is 5.41 Å². The van der Waals surface area contributed by atoms with E-state index in [4.69, 9.17) is 16.3 Å². The largest absolute Gasteiger partial charge is 0.381 e. The molecule has 0 atom stereocenters. The molecule has 0 N–H and O–H groups in total. The molecule has 2 rings (SSSR count). The summed E-state index contributed by atoms with van der Waals surface area (Å²) >= 11 is 9.55. The Morgan fingerprint density at radius 3 is 2.81 bits per heavy atom. The van der Waals surface area contributed by atoms with Gasteiger partial charge in [0.15, 0.2) is 0 Å². The lowest BCUT2D eigenvalue weighted by atomic mass is 9.80. The van der Waals surface area contributed by atoms with Crippen LogP contribution in [-0.2, 0) is 16.1 Å². The highest BCUT2D eigenvalue weighted by molar-refractivity contribution is 9.10. The van der Waals surface area contributed by atoms with Crippen molar-refractivity contribution in [2.45, 2.75) is 19.4 Å². The van der Waals surface area contributed by atoms with Crippen LogP contribution in [-0.4, -0.2) is 31.1 Å². The predicted molar refractivity (Wildman–Crippen MR) is 83.7 cm³/mol. The van der Waals surface area contributed by atoms with Crippen LogP contribution in [0.4, 0.5) is 0 Å². The molecule has 1 heterocycles. The molecule has 0 saturated carbocycles. The summed E-state index contributed by atoms with van der Waals surface area (Å²) in [6.45, 7) is 1.27. The van der Waals surface area contributed by atoms with E-state index in [2.05, 4.69) is 22.0 Å². The predicted octanol–water partition coefficient (Wildman–Crippen LogP) is 3.38. The SMILES string of the molecule is CN(Cc1cc(Br)ccc1Cl)C(=O)C1(C#N)CCOCC1. The molecule has 0 radical (unpaired) electrons. The van der Waals surface area contributed by atoms with Crippen molar-refractivity contribution in [1.82, 2.24) is 4.90 Å². The summed E-state index contributed by atoms with van der Waals surface area (Å²) in [5.41, 5.74) is -0.118. The van der Waals surface area contributed by atoms with Gasteiger partial charge in [-0.2, -0.15) is 5.26 Å². The zero-order chi connectivity index (χ0) is 15.5. The van der Waals surface area contributed by atoms with Crippen molar-refractivity contribution in [3.05, 3.63) is 33.3 Å². The van der Waals surface area contributed by atoms with Crippen molar-refractivity contribution < 1.29 is 9.53 Å². The maximum atomic E-state index is 12.6. The van der Waals surface area contributed by atoms with Crippen molar-refractivity contribution in [3.63, 3.8) is 0 Å². The molecule has 1 saturated heterocycles. The first-order chi connectivity index (χ1) is 9.98. The Kier molecular flexibility index (Phi) is 5.26. The number of hydrogen-bond donors (Lipinski definition) is 0. The highest BCUT2D eigenvalue weighted by atomic mass is 79.9. The van der Waals surface area contributed by atoms with Crippen LogP contribution in [0.5, 0.6) is 0 Å². The van der Waals surface area contributed by atoms with Crippen LogP contribution in [0.2, 0.25) is 5.02 Å². The molecule has 1 aromatic carbocycles. The summed E-state index contributed by atoms with van der Waals surface area (Å²) in [5.74, 6) is -0.163. The Morgan fingerprint density at radius 2 is 2.19 bits per heavy atom. The quantitative estimate of drug-likeness (QED) is 0.818. The molecule has 1 fully saturated rings. The number of nitriles is 1. The first-order valence-electron chi connectivity index (χ1n) is 6.67. The minimum absolute atomic E-state index is 0.163. The molecule has 1 amide bonds. The van der Waals surface area contributed by atoms with E-state index in [1.54, 1.807) is 18.0 Å². The number of amides is 1. The summed E-state index contributed by atoms with van der Waals surface area (Å²) in [5, 5.41) is 10.0. The fraction of sp³-hybridized carbons (Fsp3) is 0.467. The number of rotatable bonds is 3. The molecule has 6 heteroatoms. The third-order valence-corrected chi connectivity index (χ3v) is 4.59. The Morgan fingerprint density at radius 1 is 1.52 bits per heavy atom. The van der Waals surface area contributed by atoms with Crippen LogP contribution in [0.15, 0.2) is 22.7 Å². The molecule has 0 aromatic heterocycles. The van der Waals surface area contributed by atoms with Crippen molar-refractivity contribution in [3.8, 4) is 6.07 Å². The van der Waals surface area contributed by atoms with Gasteiger partial charge in [0, 0.05) is 36.3 Å². The molecule has 1 aliphatic rings. The smallest absolute Gasteiger partial charge is 0.243 e. The molecule has 0 aliphatic carbocycles. The van der Waals surface area contributed by atoms with E-state index in [9.17, 15) is 10.1 Å². The Hall–Kier alpha value is -1.09. The van der Waals surface area contributed by atoms with Gasteiger partial charge in [-0.1, -0.05) is 27.5 Å². The van der Waals surface area contributed by atoms with E-state index < -0.39 is 5.41 Å². The van der Waals surface area contributed by atoms with Crippen molar-refractivity contribution in [2.75, 3.05) is 20.3 Å². The van der Waals surface area contributed by atoms with Gasteiger partial charge >= 0.3 is 0 Å². The summed E-state index contributed by atoms with van der Waals surface area (Å²) in [6, 6.07) is 7.72. The second-order valence-electron chi connectivity index (χ2n) is 5.20. The summed E-state index contributed by atoms with van der Waals surface area (Å²) in [7, 11) is 1.70. The second kappa shape index (κ2) is 6.78. The lowest BCUT2D eigenvalue weighted by Crippen LogP contribution is -2.44. The zero-order valence-corrected chi connectivity index (χ0v) is 14.1. The van der Waals surface area contributed by atoms with Gasteiger partial charge in [-0.15, -0.1) is 0 Å². The lowest BCUT2D eigenvalue weighted by Gasteiger charge is -2.33. The Bertz CT molecular complexity index is 580. The van der Waals surface area contributed by atoms with Gasteiger partial charge in [0.25, 0.3) is 0 Å². The average Bonchev–Trinajstić information content (AvgIpc) is 2.50. The van der Waals surface area contributed by atoms with Crippen LogP contribution in [0.25, 0.3) is 0 Å². The van der Waals surface area contributed by atoms with Crippen LogP contribution in [0, 0.1) is 16.7 Å². The minimum atomic E-state index is -0.967. The van der Waals surface area contributed by atoms with E-state index >= 15 is 0 Å². The summed E-state index contributed by atoms with van der Waals surface area (Å²) < 4.78 is 6.17. The van der Waals surface area contributed by atoms with E-state index in [0.29, 0.717) is 37.6 Å². The molecule has 21 heavy (non-hydrogen) atoms. The topological polar surface area (TPSA) is 53.3 Å². The molecule has 112 valence electrons. The molecule has 0 spiro atoms. The number of carbonyl (C=O) groups excluding carboxylic acids is 1. The fourth-order valence-electron chi connectivity index (χ4n) is 2.45. The third kappa shape index (κ3) is 3.57. The molecule has 0 unspecified atom stereocenters. The van der Waals surface area contributed by atoms with Gasteiger partial charge in [0.1, 0.15) is 5.41 Å². The van der Waals surface area contributed by atoms with Crippen LogP contribution in [0.3, 0.4) is 0 Å². The first-order valence-corrected chi connectivity index (χ1v) is 7.84. The number of nitrogens with zero attached hydrogens (tertiary/aromatic N) is 2. The van der Waals surface area contributed by atoms with Gasteiger partial charge in [-0.05, 0) is 36.6 Å². The van der Waals surface area contributed by atoms with E-state index in [1.807, 2.05) is 12.1 Å². The monoisotopic (exact) mass is 370 g/mol. The van der Waals surface area contributed by atoms with Crippen LogP contribution in [0.1, 0.15) is 18.4 Å². The maximum absolute atomic E-state index is 12.6. The van der Waals surface area contributed by atoms with Crippen molar-refractivity contribution >= 4 is 33.4 Å². The van der Waals surface area contributed by atoms with Crippen LogP contribution < -0.4 is 0 Å². The molecular formula is C15H16BrClN2O2. The Balaban J connectivity index is 2.15. The van der Waals surface area contributed by atoms with E-state index in [0.717, 1.165) is 10.0 Å². The Labute approximate surface area is 137 Å². The minimum Gasteiger partial charge on any atom is -0.381 e. The summed E-state index contributed by atoms with van der Waals surface area (Å²) in [4.78, 5) is 14.2. The van der Waals surface area contributed by atoms with Gasteiger partial charge in [0.05, 0.1) is 6.07 Å². The van der Waals surface area contributed by atoms with E-state index in [-0.39, 0.29) is 5.91 Å². The average molecular weight is 372 g/mol. The van der Waals surface area contributed by atoms with Gasteiger partial charge in [-0.3, -0.25) is 4.79 Å². The highest BCUT2D eigenvalue weighted by Gasteiger charge is 2.42.